The second-order valence-electron chi connectivity index (χ2n) is 7.73. The fourth-order valence-electron chi connectivity index (χ4n) is 3.71. The minimum absolute atomic E-state index is 0.0560. The minimum atomic E-state index is -0.988. The number of rotatable bonds is 14. The highest BCUT2D eigenvalue weighted by molar-refractivity contribution is 6.09. The van der Waals surface area contributed by atoms with Crippen LogP contribution in [-0.2, 0) is 9.53 Å². The molecular weight excluding hydrogens is 382 g/mol. The number of hydrogen-bond acceptors (Lipinski definition) is 6. The third kappa shape index (κ3) is 7.01. The molecule has 0 saturated heterocycles. The second-order valence-corrected chi connectivity index (χ2v) is 7.73. The van der Waals surface area contributed by atoms with E-state index in [4.69, 9.17) is 4.74 Å². The molecule has 1 aliphatic rings. The van der Waals surface area contributed by atoms with Crippen LogP contribution in [0.5, 0.6) is 11.5 Å². The summed E-state index contributed by atoms with van der Waals surface area (Å²) < 4.78 is 4.92. The molecule has 1 aliphatic heterocycles. The summed E-state index contributed by atoms with van der Waals surface area (Å²) in [4.78, 5) is 28.7. The predicted octanol–water partition coefficient (Wildman–Crippen LogP) is 5.12. The quantitative estimate of drug-likeness (QED) is 0.190. The van der Waals surface area contributed by atoms with Gasteiger partial charge in [-0.2, -0.15) is 0 Å². The minimum Gasteiger partial charge on any atom is -0.508 e. The normalized spacial score (nSPS) is 17.4. The van der Waals surface area contributed by atoms with E-state index in [1.165, 1.54) is 18.2 Å². The van der Waals surface area contributed by atoms with Gasteiger partial charge in [0.2, 0.25) is 0 Å². The van der Waals surface area contributed by atoms with Crippen molar-refractivity contribution in [3.05, 3.63) is 35.9 Å². The number of phenols is 2. The number of Topliss-reactive ketones (excluding diaryl/α,β-unsaturated/α-hetero) is 1. The van der Waals surface area contributed by atoms with Crippen LogP contribution in [0.1, 0.15) is 81.5 Å². The van der Waals surface area contributed by atoms with Crippen LogP contribution in [0.25, 0.3) is 0 Å². The maximum absolute atomic E-state index is 13.0. The van der Waals surface area contributed by atoms with Crippen LogP contribution < -0.4 is 0 Å². The average Bonchev–Trinajstić information content (AvgIpc) is 3.21. The average molecular weight is 416 g/mol. The smallest absolute Gasteiger partial charge is 0.305 e. The van der Waals surface area contributed by atoms with Crippen LogP contribution in [0.4, 0.5) is 0 Å². The summed E-state index contributed by atoms with van der Waals surface area (Å²) >= 11 is 0. The number of hydrogen-bond donors (Lipinski definition) is 2. The van der Waals surface area contributed by atoms with E-state index in [1.54, 1.807) is 18.4 Å². The number of aromatic hydroxyl groups is 2. The zero-order chi connectivity index (χ0) is 21.8. The molecule has 0 aliphatic carbocycles. The topological polar surface area (TPSA) is 96.2 Å². The number of carbonyl (C=O) groups is 2. The van der Waals surface area contributed by atoms with E-state index in [2.05, 4.69) is 4.99 Å². The molecule has 6 nitrogen and oxygen atoms in total. The molecule has 0 amide bonds. The number of ether oxygens (including phenoxy) is 1. The lowest BCUT2D eigenvalue weighted by atomic mass is 9.85. The fourth-order valence-corrected chi connectivity index (χ4v) is 3.71. The lowest BCUT2D eigenvalue weighted by Gasteiger charge is -2.23. The van der Waals surface area contributed by atoms with E-state index >= 15 is 0 Å². The van der Waals surface area contributed by atoms with Crippen molar-refractivity contribution in [3.63, 3.8) is 0 Å². The Hall–Kier alpha value is -2.63. The molecule has 0 aromatic heterocycles. The van der Waals surface area contributed by atoms with Crippen molar-refractivity contribution in [3.8, 4) is 11.5 Å². The van der Waals surface area contributed by atoms with Crippen LogP contribution in [0, 0.1) is 0 Å². The van der Waals surface area contributed by atoms with Gasteiger partial charge in [0.1, 0.15) is 17.0 Å². The van der Waals surface area contributed by atoms with Gasteiger partial charge in [0.15, 0.2) is 5.78 Å². The number of esters is 1. The molecule has 0 fully saturated rings. The van der Waals surface area contributed by atoms with Gasteiger partial charge in [-0.25, -0.2) is 0 Å². The van der Waals surface area contributed by atoms with E-state index < -0.39 is 5.54 Å². The first-order valence-electron chi connectivity index (χ1n) is 10.9. The van der Waals surface area contributed by atoms with Gasteiger partial charge in [-0.05, 0) is 50.1 Å². The molecule has 2 rings (SSSR count). The van der Waals surface area contributed by atoms with Gasteiger partial charge in [0.25, 0.3) is 0 Å². The molecule has 30 heavy (non-hydrogen) atoms. The number of benzene rings is 1. The van der Waals surface area contributed by atoms with Gasteiger partial charge < -0.3 is 14.9 Å². The summed E-state index contributed by atoms with van der Waals surface area (Å²) in [6, 6.07) is 3.97. The first-order valence-corrected chi connectivity index (χ1v) is 10.9. The molecule has 2 N–H and O–H groups in total. The Morgan fingerprint density at radius 2 is 1.67 bits per heavy atom. The molecule has 0 radical (unpaired) electrons. The second kappa shape index (κ2) is 12.2. The van der Waals surface area contributed by atoms with Crippen molar-refractivity contribution >= 4 is 18.0 Å². The summed E-state index contributed by atoms with van der Waals surface area (Å²) in [7, 11) is 0. The molecule has 0 spiro atoms. The number of allylic oxidation sites excluding steroid dienone is 1. The Balaban J connectivity index is 1.68. The number of nitrogens with zero attached hydrogens (tertiary/aromatic N) is 1. The van der Waals surface area contributed by atoms with Crippen molar-refractivity contribution < 1.29 is 24.5 Å². The van der Waals surface area contributed by atoms with Gasteiger partial charge in [0, 0.05) is 12.6 Å². The number of phenolic OH excluding ortho intramolecular Hbond substituents is 2. The Morgan fingerprint density at radius 1 is 1.00 bits per heavy atom. The molecule has 0 saturated carbocycles. The lowest BCUT2D eigenvalue weighted by molar-refractivity contribution is -0.143. The number of carbonyl (C=O) groups excluding carboxylic acids is 2. The van der Waals surface area contributed by atoms with Crippen molar-refractivity contribution in [2.24, 2.45) is 4.99 Å². The SMILES string of the molecule is CCOC(=O)CCCCCCCCCCC1(C(=O)c2cc(O)ccc2O)C=CC=N1. The highest BCUT2D eigenvalue weighted by Gasteiger charge is 2.38. The van der Waals surface area contributed by atoms with E-state index in [1.807, 2.05) is 6.92 Å². The van der Waals surface area contributed by atoms with E-state index in [0.29, 0.717) is 19.4 Å². The van der Waals surface area contributed by atoms with Gasteiger partial charge >= 0.3 is 5.97 Å². The highest BCUT2D eigenvalue weighted by Crippen LogP contribution is 2.33. The number of aliphatic imine (C=N–C) groups is 1. The van der Waals surface area contributed by atoms with Gasteiger partial charge in [-0.1, -0.05) is 44.9 Å². The van der Waals surface area contributed by atoms with Crippen molar-refractivity contribution in [2.45, 2.75) is 76.7 Å². The molecule has 164 valence electrons. The van der Waals surface area contributed by atoms with E-state index in [-0.39, 0.29) is 28.8 Å². The van der Waals surface area contributed by atoms with Crippen molar-refractivity contribution in [2.75, 3.05) is 6.61 Å². The van der Waals surface area contributed by atoms with Crippen molar-refractivity contribution in [1.82, 2.24) is 0 Å². The van der Waals surface area contributed by atoms with E-state index in [0.717, 1.165) is 51.4 Å². The standard InChI is InChI=1S/C24H33NO5/c1-2-30-22(28)12-9-7-5-3-4-6-8-10-15-24(16-11-17-25-24)23(29)20-18-19(26)13-14-21(20)27/h11,13-14,16-18,26-27H,2-10,12,15H2,1H3. The maximum Gasteiger partial charge on any atom is 0.305 e. The Morgan fingerprint density at radius 3 is 2.30 bits per heavy atom. The predicted molar refractivity (Wildman–Crippen MR) is 117 cm³/mol. The Bertz CT molecular complexity index is 757. The van der Waals surface area contributed by atoms with Gasteiger partial charge in [-0.15, -0.1) is 0 Å². The first kappa shape index (κ1) is 23.6. The molecule has 6 heteroatoms. The third-order valence-corrected chi connectivity index (χ3v) is 5.38. The number of ketones is 1. The molecule has 1 heterocycles. The Labute approximate surface area is 178 Å². The summed E-state index contributed by atoms with van der Waals surface area (Å²) in [5.74, 6) is -0.596. The maximum atomic E-state index is 13.0. The van der Waals surface area contributed by atoms with Crippen LogP contribution in [-0.4, -0.2) is 40.3 Å². The highest BCUT2D eigenvalue weighted by atomic mass is 16.5. The molecular formula is C24H33NO5. The lowest BCUT2D eigenvalue weighted by Crippen LogP contribution is -2.33. The van der Waals surface area contributed by atoms with Crippen LogP contribution in [0.15, 0.2) is 35.3 Å². The molecule has 1 aromatic carbocycles. The largest absolute Gasteiger partial charge is 0.508 e. The van der Waals surface area contributed by atoms with E-state index in [9.17, 15) is 19.8 Å². The zero-order valence-electron chi connectivity index (χ0n) is 17.8. The summed E-state index contributed by atoms with van der Waals surface area (Å²) in [5, 5.41) is 19.7. The number of unbranched alkanes of at least 4 members (excludes halogenated alkanes) is 7. The zero-order valence-corrected chi connectivity index (χ0v) is 17.8. The summed E-state index contributed by atoms with van der Waals surface area (Å²) in [5.41, 5.74) is -0.889. The molecule has 0 bridgehead atoms. The van der Waals surface area contributed by atoms with Crippen molar-refractivity contribution in [1.29, 1.82) is 0 Å². The Kier molecular flexibility index (Phi) is 9.58. The summed E-state index contributed by atoms with van der Waals surface area (Å²) in [6.07, 6.45) is 14.5. The van der Waals surface area contributed by atoms with Crippen LogP contribution >= 0.6 is 0 Å². The first-order chi connectivity index (χ1) is 14.5. The van der Waals surface area contributed by atoms with Gasteiger partial charge in [-0.3, -0.25) is 14.6 Å². The fraction of sp³-hybridized carbons (Fsp3) is 0.542. The summed E-state index contributed by atoms with van der Waals surface area (Å²) in [6.45, 7) is 2.27. The monoisotopic (exact) mass is 415 g/mol. The molecule has 1 atom stereocenters. The van der Waals surface area contributed by atoms with Crippen LogP contribution in [0.3, 0.4) is 0 Å². The van der Waals surface area contributed by atoms with Crippen LogP contribution in [0.2, 0.25) is 0 Å². The molecule has 1 unspecified atom stereocenters. The van der Waals surface area contributed by atoms with Gasteiger partial charge in [0.05, 0.1) is 12.2 Å². The third-order valence-electron chi connectivity index (χ3n) is 5.38. The molecule has 1 aromatic rings.